The van der Waals surface area contributed by atoms with Crippen LogP contribution in [0.2, 0.25) is 0 Å². The second-order valence-electron chi connectivity index (χ2n) is 5.54. The van der Waals surface area contributed by atoms with Crippen molar-refractivity contribution in [2.75, 3.05) is 0 Å². The van der Waals surface area contributed by atoms with E-state index < -0.39 is 0 Å². The highest BCUT2D eigenvalue weighted by Gasteiger charge is 2.10. The quantitative estimate of drug-likeness (QED) is 0.657. The van der Waals surface area contributed by atoms with Crippen LogP contribution in [0.5, 0.6) is 0 Å². The summed E-state index contributed by atoms with van der Waals surface area (Å²) >= 11 is 0. The third-order valence-corrected chi connectivity index (χ3v) is 3.97. The Bertz CT molecular complexity index is 930. The summed E-state index contributed by atoms with van der Waals surface area (Å²) in [5.41, 5.74) is 5.30. The molecule has 0 fully saturated rings. The average Bonchev–Trinajstić information content (AvgIpc) is 2.88. The summed E-state index contributed by atoms with van der Waals surface area (Å²) < 4.78 is 15.2. The molecule has 0 amide bonds. The molecule has 3 rings (SSSR count). The molecule has 0 aliphatic carbocycles. The van der Waals surface area contributed by atoms with Crippen LogP contribution in [0, 0.1) is 31.0 Å². The molecule has 0 radical (unpaired) electrons. The maximum absolute atomic E-state index is 13.1. The smallest absolute Gasteiger partial charge is 0.123 e. The van der Waals surface area contributed by atoms with Crippen molar-refractivity contribution < 1.29 is 4.39 Å². The lowest BCUT2D eigenvalue weighted by atomic mass is 10.0. The minimum Gasteiger partial charge on any atom is -0.318 e. The zero-order chi connectivity index (χ0) is 17.1. The molecule has 2 aromatic heterocycles. The van der Waals surface area contributed by atoms with Crippen LogP contribution in [-0.2, 0) is 0 Å². The number of allylic oxidation sites excluding steroid dienone is 1. The SMILES string of the molecule is Cc1cc(/C=C(\C#N)c2ccc(F)cc2)c(C)n1-c1ccncc1. The highest BCUT2D eigenvalue weighted by molar-refractivity contribution is 5.90. The summed E-state index contributed by atoms with van der Waals surface area (Å²) in [6.45, 7) is 4.04. The molecule has 0 saturated carbocycles. The first kappa shape index (κ1) is 15.7. The highest BCUT2D eigenvalue weighted by Crippen LogP contribution is 2.25. The van der Waals surface area contributed by atoms with E-state index >= 15 is 0 Å². The molecule has 1 aromatic carbocycles. The van der Waals surface area contributed by atoms with Gasteiger partial charge in [0.25, 0.3) is 0 Å². The van der Waals surface area contributed by atoms with E-state index in [9.17, 15) is 9.65 Å². The Labute approximate surface area is 140 Å². The van der Waals surface area contributed by atoms with Crippen molar-refractivity contribution in [1.29, 1.82) is 5.26 Å². The lowest BCUT2D eigenvalue weighted by Gasteiger charge is -2.09. The molecule has 0 bridgehead atoms. The Balaban J connectivity index is 2.07. The van der Waals surface area contributed by atoms with Crippen LogP contribution in [0.25, 0.3) is 17.3 Å². The first-order chi connectivity index (χ1) is 11.6. The molecule has 3 nitrogen and oxygen atoms in total. The van der Waals surface area contributed by atoms with Crippen LogP contribution < -0.4 is 0 Å². The van der Waals surface area contributed by atoms with Gasteiger partial charge in [0.15, 0.2) is 0 Å². The van der Waals surface area contributed by atoms with Gasteiger partial charge in [0.2, 0.25) is 0 Å². The molecule has 0 aliphatic heterocycles. The maximum Gasteiger partial charge on any atom is 0.123 e. The van der Waals surface area contributed by atoms with Crippen molar-refractivity contribution in [3.8, 4) is 11.8 Å². The molecule has 4 heteroatoms. The first-order valence-electron chi connectivity index (χ1n) is 7.57. The van der Waals surface area contributed by atoms with Crippen LogP contribution in [0.1, 0.15) is 22.5 Å². The molecule has 0 unspecified atom stereocenters. The summed E-state index contributed by atoms with van der Waals surface area (Å²) in [5, 5.41) is 9.47. The topological polar surface area (TPSA) is 41.6 Å². The van der Waals surface area contributed by atoms with E-state index in [0.29, 0.717) is 11.1 Å². The van der Waals surface area contributed by atoms with Gasteiger partial charge in [-0.05, 0) is 61.4 Å². The van der Waals surface area contributed by atoms with E-state index in [0.717, 1.165) is 22.6 Å². The first-order valence-corrected chi connectivity index (χ1v) is 7.57. The molecule has 0 spiro atoms. The number of halogens is 1. The number of rotatable bonds is 3. The Morgan fingerprint density at radius 1 is 1.12 bits per heavy atom. The molecule has 118 valence electrons. The fourth-order valence-corrected chi connectivity index (χ4v) is 2.79. The molecular formula is C20H16FN3. The van der Waals surface area contributed by atoms with Crippen LogP contribution in [0.3, 0.4) is 0 Å². The number of nitrogens with zero attached hydrogens (tertiary/aromatic N) is 3. The Morgan fingerprint density at radius 2 is 1.79 bits per heavy atom. The van der Waals surface area contributed by atoms with Crippen LogP contribution >= 0.6 is 0 Å². The van der Waals surface area contributed by atoms with Gasteiger partial charge in [-0.25, -0.2) is 4.39 Å². The van der Waals surface area contributed by atoms with Crippen molar-refractivity contribution in [2.45, 2.75) is 13.8 Å². The zero-order valence-corrected chi connectivity index (χ0v) is 13.5. The number of nitriles is 1. The van der Waals surface area contributed by atoms with E-state index in [1.165, 1.54) is 12.1 Å². The van der Waals surface area contributed by atoms with Gasteiger partial charge in [0.1, 0.15) is 5.82 Å². The minimum absolute atomic E-state index is 0.313. The lowest BCUT2D eigenvalue weighted by molar-refractivity contribution is 0.627. The van der Waals surface area contributed by atoms with Gasteiger partial charge < -0.3 is 4.57 Å². The number of hydrogen-bond acceptors (Lipinski definition) is 2. The molecule has 0 atom stereocenters. The fraction of sp³-hybridized carbons (Fsp3) is 0.100. The largest absolute Gasteiger partial charge is 0.318 e. The number of aromatic nitrogens is 2. The Hall–Kier alpha value is -3.19. The van der Waals surface area contributed by atoms with Crippen LogP contribution in [0.15, 0.2) is 54.9 Å². The third kappa shape index (κ3) is 2.97. The molecule has 3 aromatic rings. The molecule has 0 saturated heterocycles. The van der Waals surface area contributed by atoms with Gasteiger partial charge >= 0.3 is 0 Å². The number of pyridine rings is 1. The summed E-state index contributed by atoms with van der Waals surface area (Å²) in [4.78, 5) is 4.05. The van der Waals surface area contributed by atoms with Crippen LogP contribution in [0.4, 0.5) is 4.39 Å². The summed E-state index contributed by atoms with van der Waals surface area (Å²) in [6.07, 6.45) is 5.35. The van der Waals surface area contributed by atoms with Crippen molar-refractivity contribution in [3.05, 3.63) is 83.2 Å². The van der Waals surface area contributed by atoms with Gasteiger partial charge in [-0.2, -0.15) is 5.26 Å². The van der Waals surface area contributed by atoms with Crippen molar-refractivity contribution in [1.82, 2.24) is 9.55 Å². The Kier molecular flexibility index (Phi) is 4.26. The minimum atomic E-state index is -0.313. The van der Waals surface area contributed by atoms with E-state index in [2.05, 4.69) is 15.6 Å². The van der Waals surface area contributed by atoms with Gasteiger partial charge in [0, 0.05) is 29.5 Å². The predicted octanol–water partition coefficient (Wildman–Crippen LogP) is 4.69. The molecule has 0 N–H and O–H groups in total. The van der Waals surface area contributed by atoms with E-state index in [1.807, 2.05) is 38.1 Å². The molecule has 24 heavy (non-hydrogen) atoms. The highest BCUT2D eigenvalue weighted by atomic mass is 19.1. The summed E-state index contributed by atoms with van der Waals surface area (Å²) in [7, 11) is 0. The van der Waals surface area contributed by atoms with Crippen molar-refractivity contribution >= 4 is 11.6 Å². The second kappa shape index (κ2) is 6.51. The lowest BCUT2D eigenvalue weighted by Crippen LogP contribution is -1.98. The second-order valence-corrected chi connectivity index (χ2v) is 5.54. The number of aryl methyl sites for hydroxylation is 1. The van der Waals surface area contributed by atoms with Crippen molar-refractivity contribution in [2.24, 2.45) is 0 Å². The van der Waals surface area contributed by atoms with Crippen molar-refractivity contribution in [3.63, 3.8) is 0 Å². The van der Waals surface area contributed by atoms with E-state index in [1.54, 1.807) is 24.5 Å². The van der Waals surface area contributed by atoms with Gasteiger partial charge in [0.05, 0.1) is 11.6 Å². The zero-order valence-electron chi connectivity index (χ0n) is 13.5. The average molecular weight is 317 g/mol. The maximum atomic E-state index is 13.1. The molecule has 2 heterocycles. The summed E-state index contributed by atoms with van der Waals surface area (Å²) in [5.74, 6) is -0.313. The van der Waals surface area contributed by atoms with Gasteiger partial charge in [-0.3, -0.25) is 4.98 Å². The number of benzene rings is 1. The van der Waals surface area contributed by atoms with Gasteiger partial charge in [-0.1, -0.05) is 12.1 Å². The Morgan fingerprint density at radius 3 is 2.42 bits per heavy atom. The number of hydrogen-bond donors (Lipinski definition) is 0. The summed E-state index contributed by atoms with van der Waals surface area (Å²) in [6, 6.07) is 14.1. The predicted molar refractivity (Wildman–Crippen MR) is 92.9 cm³/mol. The third-order valence-electron chi connectivity index (χ3n) is 3.97. The fourth-order valence-electron chi connectivity index (χ4n) is 2.79. The monoisotopic (exact) mass is 317 g/mol. The normalized spacial score (nSPS) is 11.3. The van der Waals surface area contributed by atoms with Crippen LogP contribution in [-0.4, -0.2) is 9.55 Å². The van der Waals surface area contributed by atoms with E-state index in [-0.39, 0.29) is 5.82 Å². The molecular weight excluding hydrogens is 301 g/mol. The molecule has 0 aliphatic rings. The van der Waals surface area contributed by atoms with E-state index in [4.69, 9.17) is 0 Å². The van der Waals surface area contributed by atoms with Gasteiger partial charge in [-0.15, -0.1) is 0 Å². The standard InChI is InChI=1S/C20H16FN3/c1-14-11-17(15(2)24(14)20-7-9-23-10-8-20)12-18(13-22)16-3-5-19(21)6-4-16/h3-12H,1-2H3/b18-12+.